The van der Waals surface area contributed by atoms with E-state index in [2.05, 4.69) is 81.6 Å². The van der Waals surface area contributed by atoms with Crippen molar-refractivity contribution < 1.29 is 73.8 Å². The molecule has 34 nitrogen and oxygen atoms in total. The molecule has 4 aromatic heterocycles. The summed E-state index contributed by atoms with van der Waals surface area (Å²) in [5, 5.41) is 62.8. The highest BCUT2D eigenvalue weighted by Gasteiger charge is 2.19. The minimum atomic E-state index is -0.611. The van der Waals surface area contributed by atoms with Gasteiger partial charge in [0.25, 0.3) is 0 Å². The van der Waals surface area contributed by atoms with Gasteiger partial charge in [-0.05, 0) is 194 Å². The molecule has 38 heteroatoms. The first-order valence-corrected chi connectivity index (χ1v) is 38.4. The molecule has 24 bridgehead atoms. The Kier molecular flexibility index (Phi) is 27.9. The second-order valence-electron chi connectivity index (χ2n) is 21.4. The first-order chi connectivity index (χ1) is 51.0. The Morgan fingerprint density at radius 2 is 0.302 bits per heavy atom. The number of carbonyl (C=O) groups is 2. The maximum atomic E-state index is 12.6. The fourth-order valence-corrected chi connectivity index (χ4v) is 8.27. The normalized spacial score (nSPS) is 11.6. The van der Waals surface area contributed by atoms with Crippen LogP contribution in [0.2, 0.25) is 0 Å². The number of anilines is 4. The second kappa shape index (κ2) is 38.4. The van der Waals surface area contributed by atoms with Crippen molar-refractivity contribution >= 4 is 77.8 Å². The molecule has 0 saturated carbocycles. The van der Waals surface area contributed by atoms with Gasteiger partial charge >= 0.3 is 48.1 Å². The van der Waals surface area contributed by atoms with Crippen molar-refractivity contribution in [1.82, 2.24) is 81.6 Å². The van der Waals surface area contributed by atoms with Crippen LogP contribution in [0.4, 0.5) is 22.7 Å². The summed E-state index contributed by atoms with van der Waals surface area (Å²) in [5.74, 6) is 5.27. The highest BCUT2D eigenvalue weighted by molar-refractivity contribution is 7.84. The van der Waals surface area contributed by atoms with Gasteiger partial charge in [0, 0.05) is 130 Å². The van der Waals surface area contributed by atoms with Crippen molar-refractivity contribution in [2.45, 2.75) is 13.8 Å². The van der Waals surface area contributed by atoms with Crippen molar-refractivity contribution in [3.63, 3.8) is 0 Å². The first kappa shape index (κ1) is 77.2. The third-order valence-electron chi connectivity index (χ3n) is 12.2. The molecule has 0 atom stereocenters. The van der Waals surface area contributed by atoms with E-state index in [-0.39, 0.29) is 59.9 Å². The predicted octanol–water partition coefficient (Wildman–Crippen LogP) is 11.6. The first-order valence-electron chi connectivity index (χ1n) is 30.5. The molecule has 12 aromatic rings. The Hall–Kier alpha value is -12.9. The lowest BCUT2D eigenvalue weighted by molar-refractivity contribution is -0.116. The zero-order valence-electron chi connectivity index (χ0n) is 57.7. The van der Waals surface area contributed by atoms with Gasteiger partial charge in [-0.3, -0.25) is 36.2 Å². The number of carbonyl (C=O) groups excluding carboxylic acids is 2. The molecule has 0 N–H and O–H groups in total. The fraction of sp³-hybridized carbons (Fsp3) is 0.147. The van der Waals surface area contributed by atoms with Crippen LogP contribution in [0.15, 0.2) is 194 Å². The van der Waals surface area contributed by atoms with Crippen molar-refractivity contribution in [3.05, 3.63) is 194 Å². The fourth-order valence-electron chi connectivity index (χ4n) is 8.27. The van der Waals surface area contributed by atoms with Crippen LogP contribution in [-0.2, 0) is 52.8 Å². The molecule has 0 unspecified atom stereocenters. The summed E-state index contributed by atoms with van der Waals surface area (Å²) in [6.07, 6.45) is 13.1. The second-order valence-corrected chi connectivity index (χ2v) is 27.4. The quantitative estimate of drug-likeness (QED) is 0.136. The Labute approximate surface area is 614 Å². The molecule has 32 rings (SSSR count). The van der Waals surface area contributed by atoms with Gasteiger partial charge in [-0.15, -0.1) is 0 Å². The largest absolute Gasteiger partial charge is 0.457 e. The molecule has 20 aliphatic rings. The summed E-state index contributed by atoms with van der Waals surface area (Å²) >= 11 is 0. The molecule has 0 aliphatic carbocycles. The molecule has 0 fully saturated rings. The van der Waals surface area contributed by atoms with Crippen LogP contribution >= 0.6 is 0 Å². The summed E-state index contributed by atoms with van der Waals surface area (Å²) in [7, 11) is -2.44. The van der Waals surface area contributed by atoms with Crippen molar-refractivity contribution in [3.8, 4) is 117 Å². The van der Waals surface area contributed by atoms with Gasteiger partial charge in [0.2, 0.25) is 11.8 Å². The molecule has 0 spiro atoms. The third-order valence-corrected chi connectivity index (χ3v) is 12.2. The van der Waals surface area contributed by atoms with Crippen LogP contribution in [0.3, 0.4) is 0 Å². The standard InChI is InChI=1S/2C30H19N9O6.4C2H6OS/c2*1-18(40)39-19-2-6-23(7-3-19)42-27-31-35-29(36-32-27)44-25-14-10-21(11-15-25)41-22-12-16-26(17-13-22)45-30-37-33-28(34-38-30)43-24-8-4-20(39)5-9-24;4*1-4(2)3/h2*2-17H,1H3;4*1-2H3. The van der Waals surface area contributed by atoms with Crippen LogP contribution in [0.5, 0.6) is 117 Å². The van der Waals surface area contributed by atoms with E-state index in [9.17, 15) is 26.4 Å². The van der Waals surface area contributed by atoms with E-state index < -0.39 is 43.2 Å². The number of aromatic nitrogens is 16. The van der Waals surface area contributed by atoms with Crippen molar-refractivity contribution in [2.24, 2.45) is 0 Å². The Balaban J connectivity index is 0.000000204. The van der Waals surface area contributed by atoms with E-state index in [0.29, 0.717) is 91.7 Å². The van der Waals surface area contributed by atoms with Crippen LogP contribution < -0.4 is 57.2 Å². The van der Waals surface area contributed by atoms with E-state index in [1.807, 2.05) is 0 Å². The number of nitrogens with zero attached hydrogens (tertiary/aromatic N) is 18. The van der Waals surface area contributed by atoms with Gasteiger partial charge in [0.1, 0.15) is 69.0 Å². The van der Waals surface area contributed by atoms with Crippen molar-refractivity contribution in [2.75, 3.05) is 59.8 Å². The van der Waals surface area contributed by atoms with Crippen LogP contribution in [0.1, 0.15) is 13.8 Å². The maximum Gasteiger partial charge on any atom is 0.360 e. The number of hydrogen-bond acceptors (Lipinski definition) is 32. The van der Waals surface area contributed by atoms with Crippen LogP contribution in [0.25, 0.3) is 0 Å². The SMILES string of the molecule is CC(=O)N1c2ccc(cc2)Oc2nnc(nn2)Oc2ccc(cc2)Oc2ccc(cc2)Oc2nnc(nn2)Oc2ccc1cc2.CC(=O)N1c2ccc(cc2)Oc2nnc(nn2)Oc2ccc(cc2)Oc2ccc(cc2)Oc2nnc(nn2)Oc2ccc1cc2.CS(C)=O.CS(C)=O.CS(C)=O.CS(C)=O. The minimum absolute atomic E-state index is 0.0702. The van der Waals surface area contributed by atoms with Crippen LogP contribution in [0, 0.1) is 0 Å². The third kappa shape index (κ3) is 25.2. The molecular formula is C68H62N18O16S4. The average molecular weight is 1520 g/mol. The molecule has 544 valence electrons. The summed E-state index contributed by atoms with van der Waals surface area (Å²) in [4.78, 5) is 28.3. The van der Waals surface area contributed by atoms with E-state index in [4.69, 9.17) is 47.4 Å². The molecule has 20 aliphatic heterocycles. The van der Waals surface area contributed by atoms with Gasteiger partial charge in [-0.1, -0.05) is 81.6 Å². The monoisotopic (exact) mass is 1510 g/mol. The zero-order valence-corrected chi connectivity index (χ0v) is 61.0. The highest BCUT2D eigenvalue weighted by Crippen LogP contribution is 2.35. The highest BCUT2D eigenvalue weighted by atomic mass is 32.2. The summed E-state index contributed by atoms with van der Waals surface area (Å²) in [6.45, 7) is 2.92. The van der Waals surface area contributed by atoms with Gasteiger partial charge in [0.05, 0.1) is 0 Å². The summed E-state index contributed by atoms with van der Waals surface area (Å²) < 4.78 is 95.2. The van der Waals surface area contributed by atoms with Crippen molar-refractivity contribution in [1.29, 1.82) is 0 Å². The van der Waals surface area contributed by atoms with E-state index in [0.717, 1.165) is 0 Å². The molecule has 8 aromatic carbocycles. The van der Waals surface area contributed by atoms with E-state index in [1.165, 1.54) is 23.6 Å². The molecule has 2 amide bonds. The number of hydrogen-bond donors (Lipinski definition) is 0. The molecule has 0 saturated heterocycles. The summed E-state index contributed by atoms with van der Waals surface area (Å²) in [6, 6.07) is 53.7. The minimum Gasteiger partial charge on any atom is -0.457 e. The van der Waals surface area contributed by atoms with Crippen LogP contribution in [-0.4, -0.2) is 160 Å². The van der Waals surface area contributed by atoms with E-state index >= 15 is 0 Å². The average Bonchev–Trinajstić information content (AvgIpc) is 0.815. The lowest BCUT2D eigenvalue weighted by Crippen LogP contribution is -2.22. The molecule has 0 radical (unpaired) electrons. The number of amides is 2. The predicted molar refractivity (Wildman–Crippen MR) is 388 cm³/mol. The lowest BCUT2D eigenvalue weighted by Gasteiger charge is -2.21. The Morgan fingerprint density at radius 1 is 0.208 bits per heavy atom. The summed E-state index contributed by atoms with van der Waals surface area (Å²) in [5.41, 5.74) is 2.40. The molecular weight excluding hydrogens is 1450 g/mol. The number of ether oxygens (including phenoxy) is 10. The lowest BCUT2D eigenvalue weighted by atomic mass is 10.2. The number of benzene rings is 8. The van der Waals surface area contributed by atoms with E-state index in [1.54, 1.807) is 244 Å². The Bertz CT molecular complexity index is 4290. The molecule has 24 heterocycles. The van der Waals surface area contributed by atoms with Gasteiger partial charge in [-0.25, -0.2) is 0 Å². The maximum absolute atomic E-state index is 12.6. The van der Waals surface area contributed by atoms with Gasteiger partial charge < -0.3 is 47.4 Å². The topological polar surface area (TPSA) is 407 Å². The van der Waals surface area contributed by atoms with Gasteiger partial charge in [0.15, 0.2) is 0 Å². The zero-order chi connectivity index (χ0) is 75.5. The Morgan fingerprint density at radius 3 is 0.406 bits per heavy atom. The molecule has 106 heavy (non-hydrogen) atoms. The smallest absolute Gasteiger partial charge is 0.360 e. The van der Waals surface area contributed by atoms with Gasteiger partial charge in [-0.2, -0.15) is 0 Å². The number of rotatable bonds is 0.